The third-order valence-corrected chi connectivity index (χ3v) is 3.61. The first-order chi connectivity index (χ1) is 7.22. The van der Waals surface area contributed by atoms with Crippen LogP contribution in [0.1, 0.15) is 34.1 Å². The van der Waals surface area contributed by atoms with E-state index in [0.717, 1.165) is 6.42 Å². The maximum Gasteiger partial charge on any atom is 0.241 e. The van der Waals surface area contributed by atoms with E-state index in [1.807, 2.05) is 0 Å². The maximum atomic E-state index is 6.22. The molecule has 0 aliphatic heterocycles. The van der Waals surface area contributed by atoms with Crippen molar-refractivity contribution in [3.63, 3.8) is 0 Å². The van der Waals surface area contributed by atoms with E-state index in [4.69, 9.17) is 4.43 Å². The van der Waals surface area contributed by atoms with Gasteiger partial charge in [0.05, 0.1) is 5.76 Å². The second-order valence-electron chi connectivity index (χ2n) is 6.22. The van der Waals surface area contributed by atoms with E-state index in [0.29, 0.717) is 11.8 Å². The Morgan fingerprint density at radius 2 is 1.62 bits per heavy atom. The van der Waals surface area contributed by atoms with E-state index < -0.39 is 8.32 Å². The molecule has 1 aliphatic carbocycles. The highest BCUT2D eigenvalue weighted by atomic mass is 28.4. The van der Waals surface area contributed by atoms with Crippen LogP contribution in [0.3, 0.4) is 0 Å². The molecule has 0 atom stereocenters. The molecule has 0 aromatic heterocycles. The van der Waals surface area contributed by atoms with Crippen molar-refractivity contribution in [2.45, 2.75) is 53.8 Å². The Hall–Kier alpha value is -0.503. The van der Waals surface area contributed by atoms with Gasteiger partial charge in [0.1, 0.15) is 0 Å². The third-order valence-electron chi connectivity index (χ3n) is 2.75. The molecule has 0 aromatic carbocycles. The van der Waals surface area contributed by atoms with E-state index in [-0.39, 0.29) is 0 Å². The standard InChI is InChI=1S/C14H26OSi/c1-10(2)12-8-9-13(14(12)11(3)4)15-16(5,6)7/h8,10-11H,9H2,1-7H3. The largest absolute Gasteiger partial charge is 0.547 e. The Morgan fingerprint density at radius 1 is 1.06 bits per heavy atom. The molecule has 92 valence electrons. The van der Waals surface area contributed by atoms with Crippen LogP contribution >= 0.6 is 0 Å². The predicted octanol–water partition coefficient (Wildman–Crippen LogP) is 4.73. The van der Waals surface area contributed by atoms with Crippen molar-refractivity contribution in [2.75, 3.05) is 0 Å². The van der Waals surface area contributed by atoms with Gasteiger partial charge in [-0.15, -0.1) is 0 Å². The fraction of sp³-hybridized carbons (Fsp3) is 0.714. The molecule has 0 unspecified atom stereocenters. The summed E-state index contributed by atoms with van der Waals surface area (Å²) in [7, 11) is -1.47. The minimum Gasteiger partial charge on any atom is -0.547 e. The summed E-state index contributed by atoms with van der Waals surface area (Å²) >= 11 is 0. The summed E-state index contributed by atoms with van der Waals surface area (Å²) < 4.78 is 6.22. The molecular weight excluding hydrogens is 212 g/mol. The smallest absolute Gasteiger partial charge is 0.241 e. The lowest BCUT2D eigenvalue weighted by Gasteiger charge is -2.24. The van der Waals surface area contributed by atoms with Gasteiger partial charge in [-0.1, -0.05) is 33.8 Å². The van der Waals surface area contributed by atoms with Crippen molar-refractivity contribution in [3.05, 3.63) is 23.0 Å². The van der Waals surface area contributed by atoms with E-state index in [1.165, 1.54) is 16.9 Å². The van der Waals surface area contributed by atoms with Gasteiger partial charge in [0.2, 0.25) is 8.32 Å². The third kappa shape index (κ3) is 3.24. The van der Waals surface area contributed by atoms with Crippen LogP contribution in [0.2, 0.25) is 19.6 Å². The first-order valence-electron chi connectivity index (χ1n) is 6.35. The highest BCUT2D eigenvalue weighted by Crippen LogP contribution is 2.37. The zero-order valence-corrected chi connectivity index (χ0v) is 12.8. The van der Waals surface area contributed by atoms with E-state index >= 15 is 0 Å². The summed E-state index contributed by atoms with van der Waals surface area (Å²) in [4.78, 5) is 0. The van der Waals surface area contributed by atoms with E-state index in [2.05, 4.69) is 53.4 Å². The van der Waals surface area contributed by atoms with Crippen LogP contribution in [0, 0.1) is 11.8 Å². The van der Waals surface area contributed by atoms with Crippen LogP contribution in [0.25, 0.3) is 0 Å². The van der Waals surface area contributed by atoms with Gasteiger partial charge in [0.15, 0.2) is 0 Å². The Morgan fingerprint density at radius 3 is 2.00 bits per heavy atom. The molecule has 1 aliphatic rings. The normalized spacial score (nSPS) is 17.4. The molecule has 0 amide bonds. The molecule has 0 spiro atoms. The van der Waals surface area contributed by atoms with Crippen molar-refractivity contribution >= 4 is 8.32 Å². The van der Waals surface area contributed by atoms with Crippen LogP contribution in [0.4, 0.5) is 0 Å². The van der Waals surface area contributed by atoms with E-state index in [9.17, 15) is 0 Å². The lowest BCUT2D eigenvalue weighted by Crippen LogP contribution is -2.25. The second kappa shape index (κ2) is 4.78. The maximum absolute atomic E-state index is 6.22. The van der Waals surface area contributed by atoms with Gasteiger partial charge in [-0.3, -0.25) is 0 Å². The molecule has 0 N–H and O–H groups in total. The highest BCUT2D eigenvalue weighted by Gasteiger charge is 2.27. The summed E-state index contributed by atoms with van der Waals surface area (Å²) in [5.41, 5.74) is 2.97. The minimum absolute atomic E-state index is 0.572. The molecule has 16 heavy (non-hydrogen) atoms. The van der Waals surface area contributed by atoms with Gasteiger partial charge < -0.3 is 4.43 Å². The van der Waals surface area contributed by atoms with Crippen LogP contribution in [-0.2, 0) is 4.43 Å². The van der Waals surface area contributed by atoms with Crippen molar-refractivity contribution in [3.8, 4) is 0 Å². The molecule has 0 saturated heterocycles. The monoisotopic (exact) mass is 238 g/mol. The average molecular weight is 238 g/mol. The fourth-order valence-electron chi connectivity index (χ4n) is 2.25. The second-order valence-corrected chi connectivity index (χ2v) is 10.7. The SMILES string of the molecule is CC(C)C1=CCC(O[Si](C)(C)C)=C1C(C)C. The number of hydrogen-bond donors (Lipinski definition) is 0. The van der Waals surface area contributed by atoms with Gasteiger partial charge in [-0.05, 0) is 42.6 Å². The van der Waals surface area contributed by atoms with Crippen molar-refractivity contribution in [2.24, 2.45) is 11.8 Å². The first kappa shape index (κ1) is 13.6. The minimum atomic E-state index is -1.47. The van der Waals surface area contributed by atoms with Crippen molar-refractivity contribution in [1.29, 1.82) is 0 Å². The molecule has 1 nitrogen and oxygen atoms in total. The molecule has 0 saturated carbocycles. The summed E-state index contributed by atoms with van der Waals surface area (Å²) in [5, 5.41) is 0. The van der Waals surface area contributed by atoms with Crippen LogP contribution < -0.4 is 0 Å². The zero-order valence-electron chi connectivity index (χ0n) is 11.8. The van der Waals surface area contributed by atoms with Gasteiger partial charge in [0, 0.05) is 6.42 Å². The van der Waals surface area contributed by atoms with Crippen molar-refractivity contribution in [1.82, 2.24) is 0 Å². The Kier molecular flexibility index (Phi) is 4.05. The summed E-state index contributed by atoms with van der Waals surface area (Å²) in [5.74, 6) is 2.43. The first-order valence-corrected chi connectivity index (χ1v) is 9.75. The Bertz CT molecular complexity index is 316. The van der Waals surface area contributed by atoms with Crippen LogP contribution in [-0.4, -0.2) is 8.32 Å². The summed E-state index contributed by atoms with van der Waals surface area (Å²) in [6, 6.07) is 0. The quantitative estimate of drug-likeness (QED) is 0.643. The van der Waals surface area contributed by atoms with Gasteiger partial charge in [-0.25, -0.2) is 0 Å². The van der Waals surface area contributed by atoms with Gasteiger partial charge in [-0.2, -0.15) is 0 Å². The zero-order chi connectivity index (χ0) is 12.5. The molecule has 0 aromatic rings. The highest BCUT2D eigenvalue weighted by molar-refractivity contribution is 6.70. The lowest BCUT2D eigenvalue weighted by atomic mass is 9.90. The molecule has 0 fully saturated rings. The average Bonchev–Trinajstić information content (AvgIpc) is 2.44. The Labute approximate surface area is 102 Å². The Balaban J connectivity index is 2.98. The summed E-state index contributed by atoms with van der Waals surface area (Å²) in [6.45, 7) is 15.8. The number of hydrogen-bond acceptors (Lipinski definition) is 1. The summed E-state index contributed by atoms with van der Waals surface area (Å²) in [6.07, 6.45) is 3.36. The molecule has 0 radical (unpaired) electrons. The number of allylic oxidation sites excluding steroid dienone is 3. The molecule has 0 bridgehead atoms. The van der Waals surface area contributed by atoms with Gasteiger partial charge in [0.25, 0.3) is 0 Å². The van der Waals surface area contributed by atoms with Crippen molar-refractivity contribution < 1.29 is 4.43 Å². The predicted molar refractivity (Wildman–Crippen MR) is 73.8 cm³/mol. The van der Waals surface area contributed by atoms with Crippen LogP contribution in [0.5, 0.6) is 0 Å². The number of rotatable bonds is 4. The lowest BCUT2D eigenvalue weighted by molar-refractivity contribution is 0.403. The molecule has 2 heteroatoms. The fourth-order valence-corrected chi connectivity index (χ4v) is 3.18. The van der Waals surface area contributed by atoms with Crippen LogP contribution in [0.15, 0.2) is 23.0 Å². The van der Waals surface area contributed by atoms with E-state index in [1.54, 1.807) is 0 Å². The molecular formula is C14H26OSi. The molecule has 1 rings (SSSR count). The van der Waals surface area contributed by atoms with Gasteiger partial charge >= 0.3 is 0 Å². The molecule has 0 heterocycles. The topological polar surface area (TPSA) is 9.23 Å².